The minimum atomic E-state index is 0.519. The van der Waals surface area contributed by atoms with Gasteiger partial charge in [-0.3, -0.25) is 9.36 Å². The molecule has 1 aliphatic carbocycles. The predicted molar refractivity (Wildman–Crippen MR) is 118 cm³/mol. The van der Waals surface area contributed by atoms with Gasteiger partial charge in [0.1, 0.15) is 0 Å². The molecule has 0 saturated heterocycles. The molecule has 6 heteroatoms. The van der Waals surface area contributed by atoms with Crippen LogP contribution in [-0.2, 0) is 7.05 Å². The van der Waals surface area contributed by atoms with Gasteiger partial charge < -0.3 is 0 Å². The van der Waals surface area contributed by atoms with Crippen molar-refractivity contribution in [2.45, 2.75) is 38.6 Å². The van der Waals surface area contributed by atoms with E-state index >= 15 is 0 Å². The molecule has 0 spiro atoms. The molecule has 30 heavy (non-hydrogen) atoms. The van der Waals surface area contributed by atoms with Crippen LogP contribution >= 0.6 is 0 Å². The Kier molecular flexibility index (Phi) is 4.91. The summed E-state index contributed by atoms with van der Waals surface area (Å²) in [5, 5.41) is 8.88. The summed E-state index contributed by atoms with van der Waals surface area (Å²) in [5.41, 5.74) is 5.26. The molecule has 0 atom stereocenters. The zero-order chi connectivity index (χ0) is 20.5. The van der Waals surface area contributed by atoms with Crippen LogP contribution in [0.1, 0.15) is 38.6 Å². The van der Waals surface area contributed by atoms with Crippen LogP contribution in [0.4, 0.5) is 0 Å². The summed E-state index contributed by atoms with van der Waals surface area (Å²) in [6, 6.07) is 8.77. The number of aromatic nitrogens is 6. The van der Waals surface area contributed by atoms with Gasteiger partial charge in [-0.1, -0.05) is 25.1 Å². The van der Waals surface area contributed by atoms with Crippen LogP contribution < -0.4 is 0 Å². The molecule has 3 heterocycles. The van der Waals surface area contributed by atoms with Gasteiger partial charge in [0, 0.05) is 54.1 Å². The third-order valence-electron chi connectivity index (χ3n) is 6.11. The van der Waals surface area contributed by atoms with Crippen molar-refractivity contribution in [2.75, 3.05) is 0 Å². The Morgan fingerprint density at radius 2 is 1.47 bits per heavy atom. The molecule has 0 unspecified atom stereocenters. The summed E-state index contributed by atoms with van der Waals surface area (Å²) < 4.78 is 3.94. The Morgan fingerprint density at radius 1 is 0.767 bits per heavy atom. The topological polar surface area (TPSA) is 61.4 Å². The van der Waals surface area contributed by atoms with E-state index in [0.717, 1.165) is 39.6 Å². The molecule has 0 radical (unpaired) electrons. The summed E-state index contributed by atoms with van der Waals surface area (Å²) in [4.78, 5) is 9.26. The standard InChI is InChI=1S/C24H26N6/c1-17-6-8-23(9-7-17)30-16-22(14-28-30)20-11-25-24(26-12-20)19-5-3-4-18(10-19)21-13-27-29(2)15-21/h3-5,10-17,23H,6-9H2,1-2H3. The van der Waals surface area contributed by atoms with E-state index in [-0.39, 0.29) is 0 Å². The van der Waals surface area contributed by atoms with Crippen LogP contribution in [0.2, 0.25) is 0 Å². The summed E-state index contributed by atoms with van der Waals surface area (Å²) in [6.45, 7) is 2.34. The molecule has 3 aromatic heterocycles. The first-order valence-electron chi connectivity index (χ1n) is 10.6. The molecule has 1 aromatic carbocycles. The predicted octanol–water partition coefficient (Wildman–Crippen LogP) is 5.16. The van der Waals surface area contributed by atoms with E-state index < -0.39 is 0 Å². The molecule has 0 N–H and O–H groups in total. The van der Waals surface area contributed by atoms with Gasteiger partial charge in [0.2, 0.25) is 0 Å². The van der Waals surface area contributed by atoms with E-state index in [4.69, 9.17) is 0 Å². The highest BCUT2D eigenvalue weighted by Crippen LogP contribution is 2.32. The van der Waals surface area contributed by atoms with Crippen LogP contribution in [0.5, 0.6) is 0 Å². The SMILES string of the molecule is CC1CCC(n2cc(-c3cnc(-c4cccc(-c5cnn(C)c5)c4)nc3)cn2)CC1. The summed E-state index contributed by atoms with van der Waals surface area (Å²) in [5.74, 6) is 1.56. The zero-order valence-corrected chi connectivity index (χ0v) is 17.4. The highest BCUT2D eigenvalue weighted by molar-refractivity contribution is 5.70. The molecule has 1 saturated carbocycles. The molecule has 0 amide bonds. The minimum Gasteiger partial charge on any atom is -0.275 e. The Hall–Kier alpha value is -3.28. The molecular weight excluding hydrogens is 372 g/mol. The van der Waals surface area contributed by atoms with Crippen molar-refractivity contribution in [2.24, 2.45) is 13.0 Å². The van der Waals surface area contributed by atoms with Crippen LogP contribution in [-0.4, -0.2) is 29.5 Å². The first kappa shape index (κ1) is 18.7. The van der Waals surface area contributed by atoms with Gasteiger partial charge in [-0.15, -0.1) is 0 Å². The lowest BCUT2D eigenvalue weighted by Gasteiger charge is -2.26. The van der Waals surface area contributed by atoms with Crippen molar-refractivity contribution in [1.29, 1.82) is 0 Å². The highest BCUT2D eigenvalue weighted by atomic mass is 15.3. The lowest BCUT2D eigenvalue weighted by atomic mass is 9.87. The number of nitrogens with zero attached hydrogens (tertiary/aromatic N) is 6. The maximum absolute atomic E-state index is 4.63. The summed E-state index contributed by atoms with van der Waals surface area (Å²) >= 11 is 0. The number of hydrogen-bond donors (Lipinski definition) is 0. The van der Waals surface area contributed by atoms with Crippen molar-refractivity contribution in [3.63, 3.8) is 0 Å². The highest BCUT2D eigenvalue weighted by Gasteiger charge is 2.20. The Labute approximate surface area is 176 Å². The van der Waals surface area contributed by atoms with Gasteiger partial charge in [-0.05, 0) is 43.2 Å². The smallest absolute Gasteiger partial charge is 0.159 e. The molecule has 0 bridgehead atoms. The van der Waals surface area contributed by atoms with E-state index in [2.05, 4.69) is 50.1 Å². The summed E-state index contributed by atoms with van der Waals surface area (Å²) in [6.07, 6.45) is 16.7. The second kappa shape index (κ2) is 7.86. The van der Waals surface area contributed by atoms with Gasteiger partial charge in [-0.25, -0.2) is 9.97 Å². The minimum absolute atomic E-state index is 0.519. The third kappa shape index (κ3) is 3.77. The molecule has 5 rings (SSSR count). The van der Waals surface area contributed by atoms with Crippen molar-refractivity contribution >= 4 is 0 Å². The number of aryl methyl sites for hydroxylation is 1. The average Bonchev–Trinajstić information content (AvgIpc) is 3.44. The second-order valence-corrected chi connectivity index (χ2v) is 8.40. The maximum atomic E-state index is 4.63. The van der Waals surface area contributed by atoms with Gasteiger partial charge in [-0.2, -0.15) is 10.2 Å². The first-order valence-corrected chi connectivity index (χ1v) is 10.6. The van der Waals surface area contributed by atoms with Gasteiger partial charge in [0.25, 0.3) is 0 Å². The fourth-order valence-electron chi connectivity index (χ4n) is 4.23. The van der Waals surface area contributed by atoms with Gasteiger partial charge in [0.15, 0.2) is 5.82 Å². The molecule has 6 nitrogen and oxygen atoms in total. The van der Waals surface area contributed by atoms with E-state index in [9.17, 15) is 0 Å². The quantitative estimate of drug-likeness (QED) is 0.476. The molecule has 152 valence electrons. The largest absolute Gasteiger partial charge is 0.275 e. The zero-order valence-electron chi connectivity index (χ0n) is 17.4. The number of benzene rings is 1. The van der Waals surface area contributed by atoms with Crippen LogP contribution in [0.3, 0.4) is 0 Å². The van der Waals surface area contributed by atoms with Crippen molar-refractivity contribution in [3.8, 4) is 33.6 Å². The Bertz CT molecular complexity index is 1130. The lowest BCUT2D eigenvalue weighted by molar-refractivity contribution is 0.274. The fourth-order valence-corrected chi connectivity index (χ4v) is 4.23. The Balaban J connectivity index is 1.35. The summed E-state index contributed by atoms with van der Waals surface area (Å²) in [7, 11) is 1.92. The monoisotopic (exact) mass is 398 g/mol. The normalized spacial score (nSPS) is 19.1. The van der Waals surface area contributed by atoms with E-state index in [0.29, 0.717) is 6.04 Å². The average molecular weight is 399 g/mol. The second-order valence-electron chi connectivity index (χ2n) is 8.40. The maximum Gasteiger partial charge on any atom is 0.159 e. The van der Waals surface area contributed by atoms with E-state index in [1.54, 1.807) is 4.68 Å². The van der Waals surface area contributed by atoms with E-state index in [1.807, 2.05) is 50.2 Å². The van der Waals surface area contributed by atoms with Crippen LogP contribution in [0.25, 0.3) is 33.6 Å². The Morgan fingerprint density at radius 3 is 2.20 bits per heavy atom. The fraction of sp³-hybridized carbons (Fsp3) is 0.333. The van der Waals surface area contributed by atoms with E-state index in [1.165, 1.54) is 25.7 Å². The lowest BCUT2D eigenvalue weighted by Crippen LogP contribution is -2.16. The molecule has 1 aliphatic rings. The third-order valence-corrected chi connectivity index (χ3v) is 6.11. The molecular formula is C24H26N6. The number of rotatable bonds is 4. The number of hydrogen-bond acceptors (Lipinski definition) is 4. The van der Waals surface area contributed by atoms with Crippen LogP contribution in [0, 0.1) is 5.92 Å². The van der Waals surface area contributed by atoms with Crippen molar-refractivity contribution in [3.05, 3.63) is 61.4 Å². The molecule has 0 aliphatic heterocycles. The van der Waals surface area contributed by atoms with Gasteiger partial charge >= 0.3 is 0 Å². The van der Waals surface area contributed by atoms with Crippen molar-refractivity contribution < 1.29 is 0 Å². The molecule has 1 fully saturated rings. The first-order chi connectivity index (χ1) is 14.7. The van der Waals surface area contributed by atoms with Crippen LogP contribution in [0.15, 0.2) is 61.4 Å². The molecule has 4 aromatic rings. The van der Waals surface area contributed by atoms with Gasteiger partial charge in [0.05, 0.1) is 18.4 Å². The van der Waals surface area contributed by atoms with Crippen molar-refractivity contribution in [1.82, 2.24) is 29.5 Å².